The lowest BCUT2D eigenvalue weighted by Crippen LogP contribution is -2.64. The van der Waals surface area contributed by atoms with Crippen molar-refractivity contribution in [2.75, 3.05) is 26.2 Å². The molecular formula is C43H71N7O6S. The van der Waals surface area contributed by atoms with E-state index < -0.39 is 63.4 Å². The summed E-state index contributed by atoms with van der Waals surface area (Å²) in [6.45, 7) is 26.4. The van der Waals surface area contributed by atoms with Crippen molar-refractivity contribution in [2.24, 2.45) is 33.0 Å². The molecule has 320 valence electrons. The van der Waals surface area contributed by atoms with Gasteiger partial charge in [-0.05, 0) is 93.4 Å². The summed E-state index contributed by atoms with van der Waals surface area (Å²) in [5.74, 6) is -2.27. The minimum atomic E-state index is -1.72. The Hall–Kier alpha value is -2.84. The Kier molecular flexibility index (Phi) is 11.8. The van der Waals surface area contributed by atoms with E-state index in [0.717, 1.165) is 57.9 Å². The molecule has 3 saturated heterocycles. The maximum Gasteiger partial charge on any atom is 0.259 e. The summed E-state index contributed by atoms with van der Waals surface area (Å²) in [6, 6.07) is -2.97. The standard InChI is InChI=1S/C43H71N7O6S/c1-12-28-24-43(28,37(55)47-57(56)48-21-15-16-22-48)46-34(52)30-25-42(40(10,11)41(42)19-17-20-41)26-50(30)36(54)32(39(7,8)9)45-35(53)31(38(4,5)6)44-33(51)29-18-13-14-23-49(29)27(2)3/h12,27-32H,1,13-26H2,2-11H3,(H,44,51)(H,45,53)(H,46,52)(H,47,55). The zero-order chi connectivity index (χ0) is 42.1. The van der Waals surface area contributed by atoms with E-state index >= 15 is 4.79 Å². The third kappa shape index (κ3) is 7.50. The quantitative estimate of drug-likeness (QED) is 0.217. The van der Waals surface area contributed by atoms with Crippen LogP contribution in [0.15, 0.2) is 12.7 Å². The molecule has 0 bridgehead atoms. The number of likely N-dealkylation sites (tertiary alicyclic amines) is 2. The summed E-state index contributed by atoms with van der Waals surface area (Å²) in [6.07, 6.45) is 10.1. The number of hydrogen-bond donors (Lipinski definition) is 4. The molecule has 4 N–H and O–H groups in total. The predicted molar refractivity (Wildman–Crippen MR) is 221 cm³/mol. The Morgan fingerprint density at radius 2 is 1.40 bits per heavy atom. The van der Waals surface area contributed by atoms with Crippen molar-refractivity contribution in [1.82, 2.24) is 34.8 Å². The van der Waals surface area contributed by atoms with Crippen molar-refractivity contribution in [3.8, 4) is 0 Å². The zero-order valence-electron chi connectivity index (χ0n) is 36.3. The van der Waals surface area contributed by atoms with Gasteiger partial charge in [0.05, 0.1) is 6.04 Å². The van der Waals surface area contributed by atoms with Gasteiger partial charge in [0.25, 0.3) is 5.91 Å². The van der Waals surface area contributed by atoms with Crippen LogP contribution in [0.4, 0.5) is 0 Å². The van der Waals surface area contributed by atoms with Gasteiger partial charge >= 0.3 is 0 Å². The number of nitrogens with zero attached hydrogens (tertiary/aromatic N) is 3. The highest BCUT2D eigenvalue weighted by Crippen LogP contribution is 2.88. The van der Waals surface area contributed by atoms with E-state index in [4.69, 9.17) is 0 Å². The number of nitrogens with one attached hydrogen (secondary N) is 4. The third-order valence-corrected chi connectivity index (χ3v) is 16.4. The highest BCUT2D eigenvalue weighted by atomic mass is 32.2. The molecule has 2 spiro atoms. The van der Waals surface area contributed by atoms with E-state index in [1.807, 2.05) is 41.5 Å². The van der Waals surface area contributed by atoms with E-state index in [0.29, 0.717) is 32.5 Å². The number of hydrogen-bond acceptors (Lipinski definition) is 7. The topological polar surface area (TPSA) is 160 Å². The molecule has 13 nitrogen and oxygen atoms in total. The maximum absolute atomic E-state index is 15.2. The first-order valence-electron chi connectivity index (χ1n) is 21.6. The second kappa shape index (κ2) is 15.3. The Bertz CT molecular complexity index is 1660. The van der Waals surface area contributed by atoms with E-state index in [9.17, 15) is 23.4 Å². The summed E-state index contributed by atoms with van der Waals surface area (Å²) < 4.78 is 17.5. The minimum absolute atomic E-state index is 0.0174. The van der Waals surface area contributed by atoms with Crippen molar-refractivity contribution in [3.05, 3.63) is 12.7 Å². The summed E-state index contributed by atoms with van der Waals surface area (Å²) in [7, 11) is 0. The van der Waals surface area contributed by atoms with Crippen LogP contribution in [0.3, 0.4) is 0 Å². The number of rotatable bonds is 12. The van der Waals surface area contributed by atoms with Crippen LogP contribution in [-0.2, 0) is 35.1 Å². The highest BCUT2D eigenvalue weighted by Gasteiger charge is 2.85. The van der Waals surface area contributed by atoms with Crippen LogP contribution < -0.4 is 20.7 Å². The number of fused-ring (bicyclic) bond motifs is 1. The summed E-state index contributed by atoms with van der Waals surface area (Å²) in [5.41, 5.74) is -3.13. The fraction of sp³-hybridized carbons (Fsp3) is 0.837. The highest BCUT2D eigenvalue weighted by molar-refractivity contribution is 7.81. The fourth-order valence-corrected chi connectivity index (χ4v) is 12.4. The smallest absolute Gasteiger partial charge is 0.259 e. The van der Waals surface area contributed by atoms with Crippen molar-refractivity contribution in [2.45, 2.75) is 169 Å². The summed E-state index contributed by atoms with van der Waals surface area (Å²) >= 11 is -1.72. The second-order valence-electron chi connectivity index (χ2n) is 21.1. The lowest BCUT2D eigenvalue weighted by Gasteiger charge is -2.40. The molecule has 3 aliphatic carbocycles. The lowest BCUT2D eigenvalue weighted by molar-refractivity contribution is -0.145. The van der Waals surface area contributed by atoms with Gasteiger partial charge in [-0.3, -0.25) is 33.6 Å². The maximum atomic E-state index is 15.2. The molecule has 8 unspecified atom stereocenters. The Balaban J connectivity index is 1.26. The van der Waals surface area contributed by atoms with Gasteiger partial charge in [0.2, 0.25) is 23.6 Å². The molecule has 0 aromatic rings. The molecule has 6 fully saturated rings. The van der Waals surface area contributed by atoms with E-state index in [-0.39, 0.29) is 46.1 Å². The second-order valence-corrected chi connectivity index (χ2v) is 22.3. The number of piperidine rings is 1. The number of carbonyl (C=O) groups excluding carboxylic acids is 5. The monoisotopic (exact) mass is 814 g/mol. The van der Waals surface area contributed by atoms with Gasteiger partial charge < -0.3 is 20.9 Å². The fourth-order valence-electron chi connectivity index (χ4n) is 11.3. The summed E-state index contributed by atoms with van der Waals surface area (Å²) in [5, 5.41) is 9.25. The first kappa shape index (κ1) is 43.7. The Morgan fingerprint density at radius 1 is 0.789 bits per heavy atom. The first-order valence-corrected chi connectivity index (χ1v) is 22.7. The molecule has 14 heteroatoms. The molecule has 6 aliphatic rings. The van der Waals surface area contributed by atoms with E-state index in [1.54, 1.807) is 15.3 Å². The van der Waals surface area contributed by atoms with Gasteiger partial charge in [-0.15, -0.1) is 6.58 Å². The normalized spacial score (nSPS) is 32.3. The van der Waals surface area contributed by atoms with Crippen LogP contribution in [-0.4, -0.2) is 110 Å². The number of amides is 5. The van der Waals surface area contributed by atoms with Gasteiger partial charge in [0, 0.05) is 37.0 Å². The number of carbonyl (C=O) groups is 5. The largest absolute Gasteiger partial charge is 0.342 e. The molecule has 5 amide bonds. The molecule has 3 aliphatic heterocycles. The average molecular weight is 814 g/mol. The lowest BCUT2D eigenvalue weighted by atomic mass is 9.73. The van der Waals surface area contributed by atoms with Gasteiger partial charge in [-0.25, -0.2) is 8.51 Å². The van der Waals surface area contributed by atoms with E-state index in [2.05, 4.69) is 59.8 Å². The zero-order valence-corrected chi connectivity index (χ0v) is 37.2. The average Bonchev–Trinajstić information content (AvgIpc) is 3.58. The van der Waals surface area contributed by atoms with Crippen LogP contribution in [0.25, 0.3) is 0 Å². The molecule has 0 aromatic carbocycles. The van der Waals surface area contributed by atoms with Gasteiger partial charge in [-0.2, -0.15) is 0 Å². The van der Waals surface area contributed by atoms with Crippen LogP contribution >= 0.6 is 0 Å². The van der Waals surface area contributed by atoms with Gasteiger partial charge in [0.1, 0.15) is 23.7 Å². The molecule has 0 radical (unpaired) electrons. The van der Waals surface area contributed by atoms with Crippen LogP contribution in [0.5, 0.6) is 0 Å². The minimum Gasteiger partial charge on any atom is -0.342 e. The predicted octanol–water partition coefficient (Wildman–Crippen LogP) is 3.96. The van der Waals surface area contributed by atoms with E-state index in [1.165, 1.54) is 0 Å². The summed E-state index contributed by atoms with van der Waals surface area (Å²) in [4.78, 5) is 75.9. The van der Waals surface area contributed by atoms with Crippen molar-refractivity contribution < 1.29 is 28.2 Å². The van der Waals surface area contributed by atoms with Crippen LogP contribution in [0.1, 0.15) is 133 Å². The molecule has 3 heterocycles. The van der Waals surface area contributed by atoms with Crippen LogP contribution in [0.2, 0.25) is 0 Å². The van der Waals surface area contributed by atoms with Crippen molar-refractivity contribution >= 4 is 40.7 Å². The SMILES string of the molecule is C=CC1CC1(NC(=O)C1CC2(CN1C(=O)C(NC(=O)C(NC(=O)C1CCCCN1C(C)C)C(C)(C)C)C(C)(C)C)C(C)(C)C21CCC1)C(=O)NS(=O)N1CCCC1. The molecule has 3 saturated carbocycles. The molecular weight excluding hydrogens is 743 g/mol. The Morgan fingerprint density at radius 3 is 1.91 bits per heavy atom. The van der Waals surface area contributed by atoms with Crippen molar-refractivity contribution in [1.29, 1.82) is 0 Å². The Labute approximate surface area is 343 Å². The molecule has 6 rings (SSSR count). The first-order chi connectivity index (χ1) is 26.5. The van der Waals surface area contributed by atoms with Gasteiger partial charge in [0.15, 0.2) is 11.2 Å². The molecule has 0 aromatic heterocycles. The van der Waals surface area contributed by atoms with Crippen LogP contribution in [0, 0.1) is 33.0 Å². The molecule has 8 atom stereocenters. The van der Waals surface area contributed by atoms with Crippen molar-refractivity contribution in [3.63, 3.8) is 0 Å². The van der Waals surface area contributed by atoms with Gasteiger partial charge in [-0.1, -0.05) is 74.3 Å². The molecule has 57 heavy (non-hydrogen) atoms. The third-order valence-electron chi connectivity index (χ3n) is 15.3.